The van der Waals surface area contributed by atoms with E-state index in [0.717, 1.165) is 36.1 Å². The summed E-state index contributed by atoms with van der Waals surface area (Å²) in [7, 11) is 0. The summed E-state index contributed by atoms with van der Waals surface area (Å²) in [5, 5.41) is 5.85. The summed E-state index contributed by atoms with van der Waals surface area (Å²) >= 11 is 1.40. The number of benzene rings is 1. The second-order valence-corrected chi connectivity index (χ2v) is 8.38. The predicted molar refractivity (Wildman–Crippen MR) is 115 cm³/mol. The van der Waals surface area contributed by atoms with Crippen molar-refractivity contribution in [2.75, 3.05) is 10.6 Å². The molecule has 2 N–H and O–H groups in total. The van der Waals surface area contributed by atoms with Crippen LogP contribution in [0.15, 0.2) is 24.3 Å². The Kier molecular flexibility index (Phi) is 6.66. The van der Waals surface area contributed by atoms with Crippen LogP contribution < -0.4 is 10.6 Å². The number of fused-ring (bicyclic) bond motifs is 1. The van der Waals surface area contributed by atoms with Crippen molar-refractivity contribution in [3.05, 3.63) is 45.8 Å². The summed E-state index contributed by atoms with van der Waals surface area (Å²) < 4.78 is 5.43. The zero-order valence-electron chi connectivity index (χ0n) is 17.2. The van der Waals surface area contributed by atoms with Crippen LogP contribution in [0.2, 0.25) is 0 Å². The highest BCUT2D eigenvalue weighted by Crippen LogP contribution is 2.38. The van der Waals surface area contributed by atoms with Gasteiger partial charge in [0.2, 0.25) is 5.91 Å². The number of nitrogens with one attached hydrogen (secondary N) is 2. The predicted octanol–water partition coefficient (Wildman–Crippen LogP) is 3.97. The van der Waals surface area contributed by atoms with Crippen molar-refractivity contribution >= 4 is 45.6 Å². The lowest BCUT2D eigenvalue weighted by atomic mass is 9.95. The number of ketones is 1. The SMILES string of the molecule is CC(=O)Nc1sc2c(c1C(=O)O[C@@H](C)C(=O)Nc1cccc(C(C)=O)c1)CCCC2. The van der Waals surface area contributed by atoms with E-state index in [2.05, 4.69) is 10.6 Å². The van der Waals surface area contributed by atoms with Gasteiger partial charge in [-0.1, -0.05) is 12.1 Å². The molecule has 1 aliphatic rings. The van der Waals surface area contributed by atoms with Crippen molar-refractivity contribution in [3.8, 4) is 0 Å². The minimum Gasteiger partial charge on any atom is -0.449 e. The van der Waals surface area contributed by atoms with Crippen LogP contribution in [-0.4, -0.2) is 29.7 Å². The van der Waals surface area contributed by atoms with Crippen LogP contribution in [0.4, 0.5) is 10.7 Å². The van der Waals surface area contributed by atoms with Gasteiger partial charge in [0.1, 0.15) is 5.00 Å². The van der Waals surface area contributed by atoms with E-state index in [1.807, 2.05) is 0 Å². The van der Waals surface area contributed by atoms with Crippen LogP contribution in [-0.2, 0) is 27.2 Å². The first-order valence-corrected chi connectivity index (χ1v) is 10.6. The third kappa shape index (κ3) is 4.94. The number of carbonyl (C=O) groups is 4. The van der Waals surface area contributed by atoms with Gasteiger partial charge in [-0.3, -0.25) is 14.4 Å². The van der Waals surface area contributed by atoms with E-state index in [1.54, 1.807) is 24.3 Å². The number of amides is 2. The smallest absolute Gasteiger partial charge is 0.342 e. The number of anilines is 2. The number of thiophene rings is 1. The first-order chi connectivity index (χ1) is 14.3. The van der Waals surface area contributed by atoms with E-state index >= 15 is 0 Å². The van der Waals surface area contributed by atoms with Crippen LogP contribution in [0, 0.1) is 0 Å². The molecule has 0 saturated carbocycles. The zero-order chi connectivity index (χ0) is 21.8. The molecule has 3 rings (SSSR count). The normalized spacial score (nSPS) is 13.7. The number of esters is 1. The lowest BCUT2D eigenvalue weighted by Gasteiger charge is -2.16. The molecular formula is C22H24N2O5S. The highest BCUT2D eigenvalue weighted by molar-refractivity contribution is 7.17. The van der Waals surface area contributed by atoms with Gasteiger partial charge in [-0.15, -0.1) is 11.3 Å². The largest absolute Gasteiger partial charge is 0.449 e. The fourth-order valence-corrected chi connectivity index (χ4v) is 4.69. The molecule has 0 unspecified atom stereocenters. The summed E-state index contributed by atoms with van der Waals surface area (Å²) in [4.78, 5) is 49.6. The minimum absolute atomic E-state index is 0.113. The molecule has 1 aromatic carbocycles. The molecule has 0 spiro atoms. The highest BCUT2D eigenvalue weighted by Gasteiger charge is 2.29. The molecular weight excluding hydrogens is 404 g/mol. The molecule has 0 bridgehead atoms. The summed E-state index contributed by atoms with van der Waals surface area (Å²) in [6, 6.07) is 6.55. The van der Waals surface area contributed by atoms with Crippen LogP contribution >= 0.6 is 11.3 Å². The maximum Gasteiger partial charge on any atom is 0.342 e. The van der Waals surface area contributed by atoms with E-state index in [-0.39, 0.29) is 11.7 Å². The molecule has 7 nitrogen and oxygen atoms in total. The van der Waals surface area contributed by atoms with Gasteiger partial charge in [0.15, 0.2) is 11.9 Å². The van der Waals surface area contributed by atoms with Crippen molar-refractivity contribution in [1.82, 2.24) is 0 Å². The number of rotatable bonds is 6. The molecule has 1 aromatic heterocycles. The fraction of sp³-hybridized carbons (Fsp3) is 0.364. The molecule has 1 aliphatic carbocycles. The maximum absolute atomic E-state index is 12.9. The number of Topliss-reactive ketones (excluding diaryl/α,β-unsaturated/α-hetero) is 1. The third-order valence-corrected chi connectivity index (χ3v) is 6.06. The van der Waals surface area contributed by atoms with Crippen molar-refractivity contribution in [1.29, 1.82) is 0 Å². The van der Waals surface area contributed by atoms with Crippen LogP contribution in [0.5, 0.6) is 0 Å². The molecule has 158 valence electrons. The molecule has 0 fully saturated rings. The average molecular weight is 429 g/mol. The van der Waals surface area contributed by atoms with Crippen molar-refractivity contribution < 1.29 is 23.9 Å². The fourth-order valence-electron chi connectivity index (χ4n) is 3.36. The van der Waals surface area contributed by atoms with Crippen LogP contribution in [0.3, 0.4) is 0 Å². The third-order valence-electron chi connectivity index (χ3n) is 4.85. The summed E-state index contributed by atoms with van der Waals surface area (Å²) in [6.45, 7) is 4.32. The van der Waals surface area contributed by atoms with Crippen molar-refractivity contribution in [2.45, 2.75) is 52.6 Å². The van der Waals surface area contributed by atoms with Crippen molar-refractivity contribution in [2.24, 2.45) is 0 Å². The molecule has 8 heteroatoms. The Morgan fingerprint density at radius 2 is 1.80 bits per heavy atom. The molecule has 30 heavy (non-hydrogen) atoms. The van der Waals surface area contributed by atoms with E-state index in [4.69, 9.17) is 4.74 Å². The lowest BCUT2D eigenvalue weighted by molar-refractivity contribution is -0.123. The number of hydrogen-bond acceptors (Lipinski definition) is 6. The molecule has 2 amide bonds. The van der Waals surface area contributed by atoms with Crippen LogP contribution in [0.25, 0.3) is 0 Å². The second-order valence-electron chi connectivity index (χ2n) is 7.27. The standard InChI is InChI=1S/C22H24N2O5S/c1-12(25)15-7-6-8-16(11-15)24-20(27)13(2)29-22(28)19-17-9-4-5-10-18(17)30-21(19)23-14(3)26/h6-8,11,13H,4-5,9-10H2,1-3H3,(H,23,26)(H,24,27)/t13-/m0/s1. The Balaban J connectivity index is 1.74. The van der Waals surface area contributed by atoms with Gasteiger partial charge in [-0.2, -0.15) is 0 Å². The Hall–Kier alpha value is -3.00. The number of hydrogen-bond donors (Lipinski definition) is 2. The summed E-state index contributed by atoms with van der Waals surface area (Å²) in [5.74, 6) is -1.51. The maximum atomic E-state index is 12.9. The zero-order valence-corrected chi connectivity index (χ0v) is 18.0. The lowest BCUT2D eigenvalue weighted by Crippen LogP contribution is -2.30. The molecule has 0 saturated heterocycles. The van der Waals surface area contributed by atoms with Gasteiger partial charge in [-0.25, -0.2) is 4.79 Å². The first-order valence-electron chi connectivity index (χ1n) is 9.81. The monoisotopic (exact) mass is 428 g/mol. The van der Waals surface area contributed by atoms with Gasteiger partial charge >= 0.3 is 5.97 Å². The van der Waals surface area contributed by atoms with E-state index in [0.29, 0.717) is 21.8 Å². The molecule has 0 radical (unpaired) electrons. The Bertz CT molecular complexity index is 1010. The Labute approximate surface area is 178 Å². The quantitative estimate of drug-likeness (QED) is 0.535. The molecule has 1 heterocycles. The average Bonchev–Trinajstić information content (AvgIpc) is 3.05. The molecule has 0 aliphatic heterocycles. The van der Waals surface area contributed by atoms with Gasteiger partial charge < -0.3 is 15.4 Å². The Morgan fingerprint density at radius 1 is 1.07 bits per heavy atom. The number of carbonyl (C=O) groups excluding carboxylic acids is 4. The van der Waals surface area contributed by atoms with Crippen molar-refractivity contribution in [3.63, 3.8) is 0 Å². The van der Waals surface area contributed by atoms with Gasteiger partial charge in [0.25, 0.3) is 5.91 Å². The van der Waals surface area contributed by atoms with Crippen LogP contribution in [0.1, 0.15) is 64.8 Å². The van der Waals surface area contributed by atoms with E-state index in [9.17, 15) is 19.2 Å². The van der Waals surface area contributed by atoms with E-state index in [1.165, 1.54) is 32.1 Å². The number of ether oxygens (including phenoxy) is 1. The van der Waals surface area contributed by atoms with Gasteiger partial charge in [0.05, 0.1) is 5.56 Å². The van der Waals surface area contributed by atoms with E-state index < -0.39 is 18.0 Å². The molecule has 1 atom stereocenters. The Morgan fingerprint density at radius 3 is 2.50 bits per heavy atom. The summed E-state index contributed by atoms with van der Waals surface area (Å²) in [6.07, 6.45) is 2.56. The van der Waals surface area contributed by atoms with Gasteiger partial charge in [0, 0.05) is 23.1 Å². The number of aryl methyl sites for hydroxylation is 1. The highest BCUT2D eigenvalue weighted by atomic mass is 32.1. The van der Waals surface area contributed by atoms with Gasteiger partial charge in [-0.05, 0) is 57.2 Å². The first kappa shape index (κ1) is 21.7. The second kappa shape index (κ2) is 9.21. The molecule has 2 aromatic rings. The topological polar surface area (TPSA) is 102 Å². The minimum atomic E-state index is -1.05. The summed E-state index contributed by atoms with van der Waals surface area (Å²) in [5.41, 5.74) is 2.18.